The molecule has 1 aliphatic rings. The van der Waals surface area contributed by atoms with E-state index in [1.807, 2.05) is 0 Å². The van der Waals surface area contributed by atoms with Crippen LogP contribution in [0.25, 0.3) is 32.6 Å². The molecule has 45 heavy (non-hydrogen) atoms. The summed E-state index contributed by atoms with van der Waals surface area (Å²) in [6, 6.07) is 32.3. The van der Waals surface area contributed by atoms with Crippen LogP contribution in [-0.4, -0.2) is 33.8 Å². The van der Waals surface area contributed by atoms with Crippen LogP contribution in [0.2, 0.25) is 0 Å². The van der Waals surface area contributed by atoms with Gasteiger partial charge in [-0.25, -0.2) is 0 Å². The van der Waals surface area contributed by atoms with Crippen molar-refractivity contribution in [3.63, 3.8) is 0 Å². The number of fused-ring (bicyclic) bond motifs is 3. The Kier molecular flexibility index (Phi) is 8.52. The van der Waals surface area contributed by atoms with Crippen molar-refractivity contribution in [2.75, 3.05) is 13.1 Å². The molecule has 5 heteroatoms. The molecule has 3 heterocycles. The number of H-pyrrole nitrogens is 2. The van der Waals surface area contributed by atoms with Gasteiger partial charge in [0.15, 0.2) is 0 Å². The first kappa shape index (κ1) is 29.1. The molecule has 0 amide bonds. The van der Waals surface area contributed by atoms with Gasteiger partial charge in [0.25, 0.3) is 0 Å². The van der Waals surface area contributed by atoms with Crippen molar-refractivity contribution >= 4 is 38.4 Å². The Bertz CT molecular complexity index is 1930. The quantitative estimate of drug-likeness (QED) is 0.0894. The maximum absolute atomic E-state index is 9.55. The van der Waals surface area contributed by atoms with Gasteiger partial charge in [0, 0.05) is 58.8 Å². The van der Waals surface area contributed by atoms with Gasteiger partial charge in [0.1, 0.15) is 5.84 Å². The van der Waals surface area contributed by atoms with Gasteiger partial charge in [0.05, 0.1) is 0 Å². The molecule has 228 valence electrons. The van der Waals surface area contributed by atoms with Crippen molar-refractivity contribution in [3.8, 4) is 0 Å². The molecule has 1 saturated heterocycles. The van der Waals surface area contributed by atoms with Crippen LogP contribution in [0.1, 0.15) is 42.4 Å². The van der Waals surface area contributed by atoms with E-state index in [4.69, 9.17) is 6.58 Å². The molecule has 0 radical (unpaired) electrons. The number of benzene rings is 4. The first-order chi connectivity index (χ1) is 22.2. The number of nitrogens with one attached hydrogen (secondary N) is 4. The monoisotopic (exact) mass is 593 g/mol. The van der Waals surface area contributed by atoms with Crippen molar-refractivity contribution in [3.05, 3.63) is 132 Å². The minimum Gasteiger partial charge on any atom is -0.361 e. The summed E-state index contributed by atoms with van der Waals surface area (Å²) in [4.78, 5) is 9.18. The summed E-state index contributed by atoms with van der Waals surface area (Å²) in [5, 5.41) is 18.2. The van der Waals surface area contributed by atoms with E-state index < -0.39 is 0 Å². The molecular weight excluding hydrogens is 550 g/mol. The SMILES string of the molecule is C=C([C@@H](Cc1c[nH]c2ccccc12)C1CCNCC1)N(Cc1cccc2ccccc12)C(=N)CCCc1c[nH]c2ccccc12. The Balaban J connectivity index is 1.19. The first-order valence-electron chi connectivity index (χ1n) is 16.5. The Morgan fingerprint density at radius 3 is 2.13 bits per heavy atom. The molecule has 1 aliphatic heterocycles. The van der Waals surface area contributed by atoms with Gasteiger partial charge < -0.3 is 20.2 Å². The van der Waals surface area contributed by atoms with E-state index in [2.05, 4.69) is 124 Å². The molecule has 0 spiro atoms. The number of nitrogens with zero attached hydrogens (tertiary/aromatic N) is 1. The number of aryl methyl sites for hydroxylation is 1. The van der Waals surface area contributed by atoms with Crippen molar-refractivity contribution in [1.29, 1.82) is 5.41 Å². The lowest BCUT2D eigenvalue weighted by Gasteiger charge is -2.38. The maximum atomic E-state index is 9.55. The lowest BCUT2D eigenvalue weighted by molar-refractivity contribution is 0.254. The minimum atomic E-state index is 0.246. The van der Waals surface area contributed by atoms with E-state index in [-0.39, 0.29) is 5.92 Å². The predicted octanol–water partition coefficient (Wildman–Crippen LogP) is 8.98. The zero-order chi connectivity index (χ0) is 30.6. The largest absolute Gasteiger partial charge is 0.361 e. The molecule has 7 rings (SSSR count). The van der Waals surface area contributed by atoms with Crippen molar-refractivity contribution in [2.45, 2.75) is 45.1 Å². The Morgan fingerprint density at radius 2 is 1.38 bits per heavy atom. The second kappa shape index (κ2) is 13.2. The van der Waals surface area contributed by atoms with Gasteiger partial charge in [-0.2, -0.15) is 0 Å². The highest BCUT2D eigenvalue weighted by atomic mass is 15.2. The van der Waals surface area contributed by atoms with Crippen molar-refractivity contribution < 1.29 is 0 Å². The number of hydrogen-bond donors (Lipinski definition) is 4. The van der Waals surface area contributed by atoms with Gasteiger partial charge in [-0.05, 0) is 90.7 Å². The number of para-hydroxylation sites is 2. The summed E-state index contributed by atoms with van der Waals surface area (Å²) in [7, 11) is 0. The summed E-state index contributed by atoms with van der Waals surface area (Å²) >= 11 is 0. The van der Waals surface area contributed by atoms with Crippen LogP contribution in [0.5, 0.6) is 0 Å². The van der Waals surface area contributed by atoms with Gasteiger partial charge in [-0.15, -0.1) is 0 Å². The summed E-state index contributed by atoms with van der Waals surface area (Å²) in [6.45, 7) is 7.56. The lowest BCUT2D eigenvalue weighted by Crippen LogP contribution is -2.39. The molecule has 0 aliphatic carbocycles. The van der Waals surface area contributed by atoms with E-state index >= 15 is 0 Å². The maximum Gasteiger partial charge on any atom is 0.100 e. The van der Waals surface area contributed by atoms with Crippen LogP contribution < -0.4 is 5.32 Å². The fraction of sp³-hybridized carbons (Fsp3) is 0.275. The summed E-state index contributed by atoms with van der Waals surface area (Å²) in [6.07, 6.45) is 10.1. The average Bonchev–Trinajstić information content (AvgIpc) is 3.70. The molecule has 4 N–H and O–H groups in total. The van der Waals surface area contributed by atoms with Crippen molar-refractivity contribution in [1.82, 2.24) is 20.2 Å². The van der Waals surface area contributed by atoms with Crippen LogP contribution in [-0.2, 0) is 19.4 Å². The third-order valence-electron chi connectivity index (χ3n) is 9.91. The number of allylic oxidation sites excluding steroid dienone is 1. The fourth-order valence-corrected chi connectivity index (χ4v) is 7.43. The number of hydrogen-bond acceptors (Lipinski definition) is 2. The van der Waals surface area contributed by atoms with Crippen LogP contribution >= 0.6 is 0 Å². The molecule has 2 aromatic heterocycles. The highest BCUT2D eigenvalue weighted by Crippen LogP contribution is 2.36. The van der Waals surface area contributed by atoms with E-state index in [9.17, 15) is 5.41 Å². The van der Waals surface area contributed by atoms with Crippen LogP contribution in [0, 0.1) is 17.2 Å². The number of amidine groups is 1. The van der Waals surface area contributed by atoms with Gasteiger partial charge >= 0.3 is 0 Å². The third kappa shape index (κ3) is 6.18. The highest BCUT2D eigenvalue weighted by Gasteiger charge is 2.31. The molecular formula is C40H43N5. The molecule has 4 aromatic carbocycles. The zero-order valence-electron chi connectivity index (χ0n) is 26.0. The topological polar surface area (TPSA) is 70.7 Å². The Hall–Kier alpha value is -4.61. The Morgan fingerprint density at radius 1 is 0.756 bits per heavy atom. The molecule has 5 nitrogen and oxygen atoms in total. The van der Waals surface area contributed by atoms with Crippen LogP contribution in [0.15, 0.2) is 116 Å². The number of aromatic nitrogens is 2. The smallest absolute Gasteiger partial charge is 0.100 e. The molecule has 6 aromatic rings. The molecule has 0 unspecified atom stereocenters. The lowest BCUT2D eigenvalue weighted by atomic mass is 9.78. The summed E-state index contributed by atoms with van der Waals surface area (Å²) in [5.74, 6) is 1.42. The molecule has 1 atom stereocenters. The van der Waals surface area contributed by atoms with E-state index in [1.54, 1.807) is 0 Å². The normalized spacial score (nSPS) is 14.7. The van der Waals surface area contributed by atoms with Gasteiger partial charge in [-0.3, -0.25) is 5.41 Å². The molecule has 0 bridgehead atoms. The number of aromatic amines is 2. The molecule has 0 saturated carbocycles. The second-order valence-electron chi connectivity index (χ2n) is 12.6. The summed E-state index contributed by atoms with van der Waals surface area (Å²) in [5.41, 5.74) is 7.34. The first-order valence-corrected chi connectivity index (χ1v) is 16.5. The van der Waals surface area contributed by atoms with Crippen LogP contribution in [0.3, 0.4) is 0 Å². The molecule has 1 fully saturated rings. The zero-order valence-corrected chi connectivity index (χ0v) is 26.0. The van der Waals surface area contributed by atoms with Crippen molar-refractivity contribution in [2.24, 2.45) is 11.8 Å². The van der Waals surface area contributed by atoms with Gasteiger partial charge in [-0.1, -0.05) is 85.4 Å². The number of rotatable bonds is 11. The van der Waals surface area contributed by atoms with Gasteiger partial charge in [0.2, 0.25) is 0 Å². The fourth-order valence-electron chi connectivity index (χ4n) is 7.43. The average molecular weight is 594 g/mol. The van der Waals surface area contributed by atoms with E-state index in [0.29, 0.717) is 24.7 Å². The summed E-state index contributed by atoms with van der Waals surface area (Å²) < 4.78 is 0. The highest BCUT2D eigenvalue weighted by molar-refractivity contribution is 5.87. The Labute approximate surface area is 265 Å². The predicted molar refractivity (Wildman–Crippen MR) is 189 cm³/mol. The van der Waals surface area contributed by atoms with E-state index in [1.165, 1.54) is 49.3 Å². The number of piperidine rings is 1. The minimum absolute atomic E-state index is 0.246. The van der Waals surface area contributed by atoms with Crippen LogP contribution in [0.4, 0.5) is 0 Å². The third-order valence-corrected chi connectivity index (χ3v) is 9.91. The van der Waals surface area contributed by atoms with E-state index in [0.717, 1.165) is 50.9 Å². The second-order valence-corrected chi connectivity index (χ2v) is 12.6. The standard InChI is InChI=1S/C40H43N5/c1-28(37(30-20-22-42-23-21-30)24-33-26-44-39-18-7-5-16-36(33)39)45(27-32-13-8-11-29-10-2-3-14-34(29)32)40(41)19-9-12-31-25-43-38-17-6-4-15-35(31)38/h2-8,10-11,13-18,25-26,30,37,41-44H,1,9,12,19-24,27H2/t37-/m1/s1.